The van der Waals surface area contributed by atoms with Crippen LogP contribution in [0.25, 0.3) is 22.4 Å². The molecule has 0 aliphatic carbocycles. The van der Waals surface area contributed by atoms with E-state index in [-0.39, 0.29) is 0 Å². The first-order chi connectivity index (χ1) is 9.56. The van der Waals surface area contributed by atoms with Crippen molar-refractivity contribution in [2.24, 2.45) is 7.05 Å². The van der Waals surface area contributed by atoms with E-state index in [9.17, 15) is 0 Å². The van der Waals surface area contributed by atoms with Crippen molar-refractivity contribution in [3.8, 4) is 22.4 Å². The summed E-state index contributed by atoms with van der Waals surface area (Å²) in [4.78, 5) is 0. The first kappa shape index (κ1) is 13.0. The quantitative estimate of drug-likeness (QED) is 0.762. The number of nitrogens with two attached hydrogens (primary N) is 1. The minimum atomic E-state index is 0.382. The highest BCUT2D eigenvalue weighted by molar-refractivity contribution is 6.36. The van der Waals surface area contributed by atoms with Crippen LogP contribution in [0, 0.1) is 0 Å². The van der Waals surface area contributed by atoms with E-state index in [0.29, 0.717) is 15.9 Å². The van der Waals surface area contributed by atoms with Crippen LogP contribution in [0.15, 0.2) is 30.6 Å². The van der Waals surface area contributed by atoms with Gasteiger partial charge >= 0.3 is 0 Å². The van der Waals surface area contributed by atoms with E-state index in [1.54, 1.807) is 23.0 Å². The molecular formula is C13H11Cl2N5. The summed E-state index contributed by atoms with van der Waals surface area (Å²) in [5.41, 5.74) is 9.16. The minimum absolute atomic E-state index is 0.382. The van der Waals surface area contributed by atoms with E-state index in [4.69, 9.17) is 28.9 Å². The summed E-state index contributed by atoms with van der Waals surface area (Å²) in [5, 5.41) is 12.2. The summed E-state index contributed by atoms with van der Waals surface area (Å²) in [5.74, 6) is 0.382. The summed E-state index contributed by atoms with van der Waals surface area (Å²) < 4.78 is 1.71. The first-order valence-electron chi connectivity index (χ1n) is 5.84. The Balaban J connectivity index is 2.21. The van der Waals surface area contributed by atoms with Crippen molar-refractivity contribution in [1.29, 1.82) is 0 Å². The average molecular weight is 308 g/mol. The molecule has 0 bridgehead atoms. The first-order valence-corrected chi connectivity index (χ1v) is 6.60. The van der Waals surface area contributed by atoms with Crippen LogP contribution in [0.4, 0.5) is 5.82 Å². The van der Waals surface area contributed by atoms with Gasteiger partial charge in [0.2, 0.25) is 0 Å². The number of aromatic nitrogens is 4. The molecule has 3 N–H and O–H groups in total. The number of H-pyrrole nitrogens is 1. The number of hydrogen-bond acceptors (Lipinski definition) is 3. The van der Waals surface area contributed by atoms with Crippen LogP contribution in [-0.4, -0.2) is 20.0 Å². The van der Waals surface area contributed by atoms with E-state index >= 15 is 0 Å². The fraction of sp³-hybridized carbons (Fsp3) is 0.0769. The topological polar surface area (TPSA) is 72.5 Å². The molecule has 0 fully saturated rings. The van der Waals surface area contributed by atoms with Gasteiger partial charge in [0.25, 0.3) is 0 Å². The van der Waals surface area contributed by atoms with Gasteiger partial charge in [-0.25, -0.2) is 0 Å². The standard InChI is InChI=1S/C13H11Cl2N5/c1-20-6-7(5-17-20)12-11(13(16)19-18-12)9-3-2-8(14)4-10(9)15/h2-6H,1H3,(H3,16,18,19). The van der Waals surface area contributed by atoms with E-state index in [2.05, 4.69) is 15.3 Å². The fourth-order valence-corrected chi connectivity index (χ4v) is 2.58. The molecule has 0 atom stereocenters. The van der Waals surface area contributed by atoms with Gasteiger partial charge in [-0.05, 0) is 12.1 Å². The number of halogens is 2. The number of nitrogens with one attached hydrogen (secondary N) is 1. The highest BCUT2D eigenvalue weighted by atomic mass is 35.5. The van der Waals surface area contributed by atoms with Crippen LogP contribution < -0.4 is 5.73 Å². The number of aryl methyl sites for hydroxylation is 1. The van der Waals surface area contributed by atoms with Gasteiger partial charge in [0, 0.05) is 29.4 Å². The second-order valence-electron chi connectivity index (χ2n) is 4.39. The molecule has 0 aliphatic heterocycles. The average Bonchev–Trinajstić information content (AvgIpc) is 2.96. The highest BCUT2D eigenvalue weighted by Crippen LogP contribution is 2.39. The number of aromatic amines is 1. The van der Waals surface area contributed by atoms with Crippen molar-refractivity contribution < 1.29 is 0 Å². The van der Waals surface area contributed by atoms with Crippen LogP contribution in [-0.2, 0) is 7.05 Å². The molecule has 0 spiro atoms. The van der Waals surface area contributed by atoms with Gasteiger partial charge < -0.3 is 5.73 Å². The maximum Gasteiger partial charge on any atom is 0.153 e. The smallest absolute Gasteiger partial charge is 0.153 e. The van der Waals surface area contributed by atoms with Crippen molar-refractivity contribution in [3.05, 3.63) is 40.6 Å². The number of anilines is 1. The molecule has 3 rings (SSSR count). The lowest BCUT2D eigenvalue weighted by Crippen LogP contribution is -1.89. The zero-order valence-electron chi connectivity index (χ0n) is 10.6. The number of rotatable bonds is 2. The summed E-state index contributed by atoms with van der Waals surface area (Å²) in [6.07, 6.45) is 3.61. The lowest BCUT2D eigenvalue weighted by atomic mass is 10.0. The summed E-state index contributed by atoms with van der Waals surface area (Å²) in [7, 11) is 1.85. The molecule has 2 aromatic heterocycles. The molecule has 0 radical (unpaired) electrons. The Kier molecular flexibility index (Phi) is 3.16. The third-order valence-corrected chi connectivity index (χ3v) is 3.54. The maximum absolute atomic E-state index is 6.26. The zero-order valence-corrected chi connectivity index (χ0v) is 12.1. The predicted molar refractivity (Wildman–Crippen MR) is 80.7 cm³/mol. The Labute approximate surface area is 125 Å². The molecule has 20 heavy (non-hydrogen) atoms. The molecule has 0 amide bonds. The van der Waals surface area contributed by atoms with Crippen molar-refractivity contribution in [2.45, 2.75) is 0 Å². The minimum Gasteiger partial charge on any atom is -0.382 e. The Bertz CT molecular complexity index is 775. The van der Waals surface area contributed by atoms with Gasteiger partial charge in [-0.1, -0.05) is 29.3 Å². The van der Waals surface area contributed by atoms with Crippen LogP contribution in [0.3, 0.4) is 0 Å². The van der Waals surface area contributed by atoms with Crippen molar-refractivity contribution in [2.75, 3.05) is 5.73 Å². The van der Waals surface area contributed by atoms with E-state index < -0.39 is 0 Å². The van der Waals surface area contributed by atoms with Gasteiger partial charge in [-0.3, -0.25) is 9.78 Å². The molecule has 1 aromatic carbocycles. The van der Waals surface area contributed by atoms with Crippen molar-refractivity contribution in [1.82, 2.24) is 20.0 Å². The van der Waals surface area contributed by atoms with Crippen molar-refractivity contribution in [3.63, 3.8) is 0 Å². The third kappa shape index (κ3) is 2.15. The summed E-state index contributed by atoms with van der Waals surface area (Å²) in [6.45, 7) is 0. The zero-order chi connectivity index (χ0) is 14.3. The SMILES string of the molecule is Cn1cc(-c2[nH]nc(N)c2-c2ccc(Cl)cc2Cl)cn1. The fourth-order valence-electron chi connectivity index (χ4n) is 2.08. The molecule has 5 nitrogen and oxygen atoms in total. The monoisotopic (exact) mass is 307 g/mol. The van der Waals surface area contributed by atoms with Crippen LogP contribution in [0.1, 0.15) is 0 Å². The highest BCUT2D eigenvalue weighted by Gasteiger charge is 2.18. The van der Waals surface area contributed by atoms with Crippen molar-refractivity contribution >= 4 is 29.0 Å². The molecular weight excluding hydrogens is 297 g/mol. The predicted octanol–water partition coefficient (Wildman–Crippen LogP) is 3.37. The molecule has 0 aliphatic rings. The van der Waals surface area contributed by atoms with E-state index in [1.165, 1.54) is 0 Å². The second kappa shape index (κ2) is 4.85. The van der Waals surface area contributed by atoms with Crippen LogP contribution in [0.2, 0.25) is 10.0 Å². The van der Waals surface area contributed by atoms with E-state index in [1.807, 2.05) is 19.3 Å². The Hall–Kier alpha value is -1.98. The van der Waals surface area contributed by atoms with Gasteiger partial charge in [-0.2, -0.15) is 10.2 Å². The molecule has 102 valence electrons. The lowest BCUT2D eigenvalue weighted by Gasteiger charge is -2.06. The third-order valence-electron chi connectivity index (χ3n) is 2.99. The van der Waals surface area contributed by atoms with Gasteiger partial charge in [-0.15, -0.1) is 0 Å². The molecule has 0 saturated heterocycles. The number of nitrogen functional groups attached to an aromatic ring is 1. The molecule has 2 heterocycles. The Morgan fingerprint density at radius 2 is 2.10 bits per heavy atom. The van der Waals surface area contributed by atoms with Gasteiger partial charge in [0.05, 0.1) is 22.5 Å². The molecule has 0 unspecified atom stereocenters. The molecule has 7 heteroatoms. The second-order valence-corrected chi connectivity index (χ2v) is 5.23. The normalized spacial score (nSPS) is 10.9. The maximum atomic E-state index is 6.26. The largest absolute Gasteiger partial charge is 0.382 e. The summed E-state index contributed by atoms with van der Waals surface area (Å²) in [6, 6.07) is 5.27. The number of nitrogens with zero attached hydrogens (tertiary/aromatic N) is 3. The number of hydrogen-bond donors (Lipinski definition) is 2. The number of benzene rings is 1. The molecule has 3 aromatic rings. The van der Waals surface area contributed by atoms with Crippen LogP contribution >= 0.6 is 23.2 Å². The lowest BCUT2D eigenvalue weighted by molar-refractivity contribution is 0.768. The van der Waals surface area contributed by atoms with Crippen LogP contribution in [0.5, 0.6) is 0 Å². The van der Waals surface area contributed by atoms with E-state index in [0.717, 1.165) is 22.4 Å². The Morgan fingerprint density at radius 3 is 2.75 bits per heavy atom. The van der Waals surface area contributed by atoms with Gasteiger partial charge in [0.1, 0.15) is 0 Å². The van der Waals surface area contributed by atoms with Gasteiger partial charge in [0.15, 0.2) is 5.82 Å². The summed E-state index contributed by atoms with van der Waals surface area (Å²) >= 11 is 12.2. The molecule has 0 saturated carbocycles. The Morgan fingerprint density at radius 1 is 1.30 bits per heavy atom.